The number of hydrogen-bond acceptors (Lipinski definition) is 2. The zero-order valence-electron chi connectivity index (χ0n) is 11.8. The monoisotopic (exact) mass is 247 g/mol. The molecular formula is C16H25NO. The molecule has 2 heteroatoms. The van der Waals surface area contributed by atoms with Gasteiger partial charge in [-0.05, 0) is 43.5 Å². The minimum atomic E-state index is 0.433. The van der Waals surface area contributed by atoms with Crippen LogP contribution in [0.4, 0.5) is 0 Å². The summed E-state index contributed by atoms with van der Waals surface area (Å²) < 4.78 is 5.88. The molecule has 0 amide bonds. The molecule has 2 rings (SSSR count). The Labute approximate surface area is 111 Å². The Morgan fingerprint density at radius 3 is 2.56 bits per heavy atom. The highest BCUT2D eigenvalue weighted by molar-refractivity contribution is 5.31. The predicted molar refractivity (Wildman–Crippen MR) is 76.0 cm³/mol. The second-order valence-electron chi connectivity index (χ2n) is 5.23. The highest BCUT2D eigenvalue weighted by Crippen LogP contribution is 2.31. The fraction of sp³-hybridized carbons (Fsp3) is 0.625. The van der Waals surface area contributed by atoms with Gasteiger partial charge in [0, 0.05) is 6.04 Å². The van der Waals surface area contributed by atoms with Crippen molar-refractivity contribution in [2.24, 2.45) is 5.92 Å². The molecular weight excluding hydrogens is 222 g/mol. The Bertz CT molecular complexity index is 369. The zero-order chi connectivity index (χ0) is 13.0. The minimum absolute atomic E-state index is 0.433. The third kappa shape index (κ3) is 3.26. The van der Waals surface area contributed by atoms with Gasteiger partial charge >= 0.3 is 0 Å². The summed E-state index contributed by atoms with van der Waals surface area (Å²) in [7, 11) is 2.05. The smallest absolute Gasteiger partial charge is 0.120 e. The van der Waals surface area contributed by atoms with Crippen LogP contribution in [-0.2, 0) is 0 Å². The van der Waals surface area contributed by atoms with Crippen molar-refractivity contribution in [3.63, 3.8) is 0 Å². The van der Waals surface area contributed by atoms with Crippen LogP contribution in [0.15, 0.2) is 24.3 Å². The molecule has 0 spiro atoms. The van der Waals surface area contributed by atoms with Gasteiger partial charge in [0.2, 0.25) is 0 Å². The molecule has 1 aliphatic rings. The van der Waals surface area contributed by atoms with Crippen LogP contribution in [0.3, 0.4) is 0 Å². The van der Waals surface area contributed by atoms with E-state index in [0.29, 0.717) is 18.1 Å². The lowest BCUT2D eigenvalue weighted by Gasteiger charge is -2.25. The molecule has 0 radical (unpaired) electrons. The van der Waals surface area contributed by atoms with Crippen molar-refractivity contribution >= 4 is 0 Å². The first-order valence-electron chi connectivity index (χ1n) is 7.22. The molecule has 0 bridgehead atoms. The molecule has 2 nitrogen and oxygen atoms in total. The Balaban J connectivity index is 2.13. The van der Waals surface area contributed by atoms with Crippen LogP contribution in [0.1, 0.15) is 51.1 Å². The van der Waals surface area contributed by atoms with Gasteiger partial charge in [0.25, 0.3) is 0 Å². The van der Waals surface area contributed by atoms with Crippen molar-refractivity contribution in [3.05, 3.63) is 29.8 Å². The van der Waals surface area contributed by atoms with E-state index in [-0.39, 0.29) is 0 Å². The van der Waals surface area contributed by atoms with E-state index in [0.717, 1.165) is 5.75 Å². The number of nitrogens with one attached hydrogen (secondary N) is 1. The lowest BCUT2D eigenvalue weighted by molar-refractivity contribution is 0.301. The van der Waals surface area contributed by atoms with Gasteiger partial charge in [0.05, 0.1) is 6.10 Å². The summed E-state index contributed by atoms with van der Waals surface area (Å²) in [4.78, 5) is 0. The lowest BCUT2D eigenvalue weighted by atomic mass is 9.89. The van der Waals surface area contributed by atoms with E-state index in [1.54, 1.807) is 0 Å². The average molecular weight is 247 g/mol. The van der Waals surface area contributed by atoms with Gasteiger partial charge in [0.1, 0.15) is 5.75 Å². The maximum atomic E-state index is 5.88. The van der Waals surface area contributed by atoms with E-state index in [2.05, 4.69) is 50.5 Å². The molecule has 0 aliphatic heterocycles. The Morgan fingerprint density at radius 1 is 1.28 bits per heavy atom. The van der Waals surface area contributed by atoms with Gasteiger partial charge in [-0.3, -0.25) is 0 Å². The molecule has 0 saturated heterocycles. The van der Waals surface area contributed by atoms with Crippen LogP contribution >= 0.6 is 0 Å². The predicted octanol–water partition coefficient (Wildman–Crippen LogP) is 3.92. The number of ether oxygens (including phenoxy) is 1. The molecule has 1 saturated carbocycles. The average Bonchev–Trinajstić information content (AvgIpc) is 3.20. The lowest BCUT2D eigenvalue weighted by Crippen LogP contribution is -2.24. The summed E-state index contributed by atoms with van der Waals surface area (Å²) in [6, 6.07) is 9.03. The molecule has 1 aliphatic carbocycles. The third-order valence-corrected chi connectivity index (χ3v) is 3.88. The third-order valence-electron chi connectivity index (χ3n) is 3.88. The molecule has 18 heavy (non-hydrogen) atoms. The van der Waals surface area contributed by atoms with Crippen molar-refractivity contribution in [1.29, 1.82) is 0 Å². The maximum absolute atomic E-state index is 5.88. The topological polar surface area (TPSA) is 21.3 Å². The van der Waals surface area contributed by atoms with Crippen molar-refractivity contribution in [2.45, 2.75) is 51.7 Å². The first-order chi connectivity index (χ1) is 8.78. The van der Waals surface area contributed by atoms with Crippen LogP contribution in [0.5, 0.6) is 5.75 Å². The summed E-state index contributed by atoms with van der Waals surface area (Å²) in [6.45, 7) is 4.53. The number of rotatable bonds is 7. The fourth-order valence-electron chi connectivity index (χ4n) is 2.59. The second kappa shape index (κ2) is 6.24. The Morgan fingerprint density at radius 2 is 2.00 bits per heavy atom. The van der Waals surface area contributed by atoms with Crippen LogP contribution < -0.4 is 10.1 Å². The minimum Gasteiger partial charge on any atom is -0.490 e. The molecule has 1 N–H and O–H groups in total. The summed E-state index contributed by atoms with van der Waals surface area (Å²) in [5, 5.41) is 3.46. The van der Waals surface area contributed by atoms with E-state index in [1.165, 1.54) is 31.2 Å². The summed E-state index contributed by atoms with van der Waals surface area (Å²) >= 11 is 0. The SMILES string of the molecule is CCC(CC)C(NC)c1cccc(OC2CC2)c1. The summed E-state index contributed by atoms with van der Waals surface area (Å²) in [6.07, 6.45) is 5.31. The first kappa shape index (κ1) is 13.4. The van der Waals surface area contributed by atoms with E-state index in [1.807, 2.05) is 0 Å². The van der Waals surface area contributed by atoms with E-state index < -0.39 is 0 Å². The van der Waals surface area contributed by atoms with Crippen molar-refractivity contribution in [1.82, 2.24) is 5.32 Å². The largest absolute Gasteiger partial charge is 0.490 e. The van der Waals surface area contributed by atoms with Crippen molar-refractivity contribution < 1.29 is 4.74 Å². The molecule has 100 valence electrons. The van der Waals surface area contributed by atoms with E-state index in [4.69, 9.17) is 4.74 Å². The van der Waals surface area contributed by atoms with E-state index >= 15 is 0 Å². The summed E-state index contributed by atoms with van der Waals surface area (Å²) in [5.41, 5.74) is 1.35. The van der Waals surface area contributed by atoms with Crippen LogP contribution in [0.2, 0.25) is 0 Å². The molecule has 0 aromatic heterocycles. The van der Waals surface area contributed by atoms with Crippen LogP contribution in [0.25, 0.3) is 0 Å². The normalized spacial score (nSPS) is 16.9. The van der Waals surface area contributed by atoms with Crippen LogP contribution in [-0.4, -0.2) is 13.2 Å². The molecule has 0 heterocycles. The van der Waals surface area contributed by atoms with Crippen molar-refractivity contribution in [3.8, 4) is 5.75 Å². The molecule has 1 atom stereocenters. The Hall–Kier alpha value is -1.02. The van der Waals surface area contributed by atoms with Gasteiger partial charge in [0.15, 0.2) is 0 Å². The number of benzene rings is 1. The van der Waals surface area contributed by atoms with Gasteiger partial charge in [-0.2, -0.15) is 0 Å². The molecule has 1 fully saturated rings. The first-order valence-corrected chi connectivity index (χ1v) is 7.22. The van der Waals surface area contributed by atoms with Gasteiger partial charge in [-0.25, -0.2) is 0 Å². The maximum Gasteiger partial charge on any atom is 0.120 e. The van der Waals surface area contributed by atoms with Crippen LogP contribution in [0, 0.1) is 5.92 Å². The fourth-order valence-corrected chi connectivity index (χ4v) is 2.59. The van der Waals surface area contributed by atoms with Gasteiger partial charge in [-0.1, -0.05) is 38.8 Å². The molecule has 1 aromatic carbocycles. The standard InChI is InChI=1S/C16H25NO/c1-4-12(5-2)16(17-3)13-7-6-8-15(11-13)18-14-9-10-14/h6-8,11-12,14,16-17H,4-5,9-10H2,1-3H3. The quantitative estimate of drug-likeness (QED) is 0.788. The highest BCUT2D eigenvalue weighted by atomic mass is 16.5. The van der Waals surface area contributed by atoms with E-state index in [9.17, 15) is 0 Å². The number of hydrogen-bond donors (Lipinski definition) is 1. The second-order valence-corrected chi connectivity index (χ2v) is 5.23. The Kier molecular flexibility index (Phi) is 4.65. The summed E-state index contributed by atoms with van der Waals surface area (Å²) in [5.74, 6) is 1.72. The highest BCUT2D eigenvalue weighted by Gasteiger charge is 2.24. The van der Waals surface area contributed by atoms with Crippen molar-refractivity contribution in [2.75, 3.05) is 7.05 Å². The molecule has 1 aromatic rings. The molecule has 1 unspecified atom stereocenters. The van der Waals surface area contributed by atoms with Gasteiger partial charge < -0.3 is 10.1 Å². The zero-order valence-corrected chi connectivity index (χ0v) is 11.8. The van der Waals surface area contributed by atoms with Gasteiger partial charge in [-0.15, -0.1) is 0 Å².